The van der Waals surface area contributed by atoms with E-state index >= 15 is 0 Å². The lowest BCUT2D eigenvalue weighted by Crippen LogP contribution is -2.26. The van der Waals surface area contributed by atoms with Gasteiger partial charge in [0.15, 0.2) is 0 Å². The molecular formula is C18H23N3O3S. The number of hydrogen-bond acceptors (Lipinski definition) is 4. The highest BCUT2D eigenvalue weighted by molar-refractivity contribution is 7.92. The average Bonchev–Trinajstić information content (AvgIpc) is 2.54. The fraction of sp³-hybridized carbons (Fsp3) is 0.278. The molecule has 0 radical (unpaired) electrons. The molecule has 0 fully saturated rings. The highest BCUT2D eigenvalue weighted by atomic mass is 32.2. The van der Waals surface area contributed by atoms with E-state index in [9.17, 15) is 13.2 Å². The molecule has 0 saturated heterocycles. The van der Waals surface area contributed by atoms with Gasteiger partial charge >= 0.3 is 0 Å². The van der Waals surface area contributed by atoms with Crippen LogP contribution in [-0.2, 0) is 10.0 Å². The summed E-state index contributed by atoms with van der Waals surface area (Å²) in [4.78, 5) is 12.2. The molecule has 0 aromatic heterocycles. The number of amides is 1. The van der Waals surface area contributed by atoms with E-state index in [0.29, 0.717) is 36.3 Å². The standard InChI is InChI=1S/C18H23N3O3S/c1-13-5-3-6-16(11-13)21-25(23,24)17-12-15(8-7-14(17)2)18(22)20-10-4-9-19/h3,5-8,11-12,21H,4,9-10,19H2,1-2H3,(H,20,22). The van der Waals surface area contributed by atoms with Crippen LogP contribution in [0.2, 0.25) is 0 Å². The van der Waals surface area contributed by atoms with E-state index in [1.54, 1.807) is 37.3 Å². The summed E-state index contributed by atoms with van der Waals surface area (Å²) in [5.74, 6) is -0.319. The summed E-state index contributed by atoms with van der Waals surface area (Å²) in [5, 5.41) is 2.72. The molecule has 2 rings (SSSR count). The number of rotatable bonds is 7. The van der Waals surface area contributed by atoms with Crippen LogP contribution >= 0.6 is 0 Å². The van der Waals surface area contributed by atoms with Gasteiger partial charge in [-0.3, -0.25) is 9.52 Å². The molecule has 0 spiro atoms. The van der Waals surface area contributed by atoms with Gasteiger partial charge in [0.25, 0.3) is 15.9 Å². The molecule has 0 atom stereocenters. The number of carbonyl (C=O) groups excluding carboxylic acids is 1. The fourth-order valence-electron chi connectivity index (χ4n) is 2.36. The summed E-state index contributed by atoms with van der Waals surface area (Å²) in [6, 6.07) is 11.7. The number of nitrogens with two attached hydrogens (primary N) is 1. The lowest BCUT2D eigenvalue weighted by Gasteiger charge is -2.12. The number of nitrogens with one attached hydrogen (secondary N) is 2. The van der Waals surface area contributed by atoms with Gasteiger partial charge in [-0.1, -0.05) is 18.2 Å². The SMILES string of the molecule is Cc1cccc(NS(=O)(=O)c2cc(C(=O)NCCCN)ccc2C)c1. The Kier molecular flexibility index (Phi) is 6.17. The lowest BCUT2D eigenvalue weighted by atomic mass is 10.1. The number of aryl methyl sites for hydroxylation is 2. The van der Waals surface area contributed by atoms with Crippen LogP contribution in [0.3, 0.4) is 0 Å². The molecule has 134 valence electrons. The van der Waals surface area contributed by atoms with Gasteiger partial charge in [0.2, 0.25) is 0 Å². The van der Waals surface area contributed by atoms with Crippen LogP contribution in [0.5, 0.6) is 0 Å². The molecule has 0 aliphatic carbocycles. The zero-order valence-electron chi connectivity index (χ0n) is 14.4. The molecular weight excluding hydrogens is 338 g/mol. The second kappa shape index (κ2) is 8.13. The van der Waals surface area contributed by atoms with Crippen molar-refractivity contribution in [1.82, 2.24) is 5.32 Å². The molecule has 4 N–H and O–H groups in total. The zero-order valence-corrected chi connectivity index (χ0v) is 15.2. The summed E-state index contributed by atoms with van der Waals surface area (Å²) in [6.45, 7) is 4.51. The van der Waals surface area contributed by atoms with Crippen molar-refractivity contribution in [3.05, 3.63) is 59.2 Å². The summed E-state index contributed by atoms with van der Waals surface area (Å²) in [6.07, 6.45) is 0.664. The molecule has 1 amide bonds. The molecule has 2 aromatic rings. The first kappa shape index (κ1) is 19.0. The maximum absolute atomic E-state index is 12.7. The Morgan fingerprint density at radius 1 is 1.12 bits per heavy atom. The van der Waals surface area contributed by atoms with Crippen LogP contribution in [0.1, 0.15) is 27.9 Å². The van der Waals surface area contributed by atoms with E-state index < -0.39 is 10.0 Å². The first-order valence-electron chi connectivity index (χ1n) is 8.02. The van der Waals surface area contributed by atoms with Crippen molar-refractivity contribution >= 4 is 21.6 Å². The summed E-state index contributed by atoms with van der Waals surface area (Å²) >= 11 is 0. The number of hydrogen-bond donors (Lipinski definition) is 3. The molecule has 0 heterocycles. The topological polar surface area (TPSA) is 101 Å². The van der Waals surface area contributed by atoms with Gasteiger partial charge in [-0.25, -0.2) is 8.42 Å². The van der Waals surface area contributed by atoms with Crippen molar-refractivity contribution in [2.45, 2.75) is 25.2 Å². The molecule has 2 aromatic carbocycles. The molecule has 25 heavy (non-hydrogen) atoms. The van der Waals surface area contributed by atoms with Crippen LogP contribution < -0.4 is 15.8 Å². The van der Waals surface area contributed by atoms with Crippen LogP contribution in [0.25, 0.3) is 0 Å². The van der Waals surface area contributed by atoms with E-state index in [1.165, 1.54) is 6.07 Å². The maximum Gasteiger partial charge on any atom is 0.262 e. The van der Waals surface area contributed by atoms with E-state index in [0.717, 1.165) is 5.56 Å². The maximum atomic E-state index is 12.7. The quantitative estimate of drug-likeness (QED) is 0.658. The number of sulfonamides is 1. The smallest absolute Gasteiger partial charge is 0.262 e. The Bertz CT molecular complexity index is 864. The molecule has 7 heteroatoms. The number of carbonyl (C=O) groups is 1. The Morgan fingerprint density at radius 2 is 1.88 bits per heavy atom. The fourth-order valence-corrected chi connectivity index (χ4v) is 3.68. The van der Waals surface area contributed by atoms with Crippen molar-refractivity contribution < 1.29 is 13.2 Å². The molecule has 6 nitrogen and oxygen atoms in total. The third-order valence-corrected chi connectivity index (χ3v) is 5.20. The first-order valence-corrected chi connectivity index (χ1v) is 9.50. The predicted molar refractivity (Wildman–Crippen MR) is 99.2 cm³/mol. The van der Waals surface area contributed by atoms with Gasteiger partial charge in [0.05, 0.1) is 4.90 Å². The Morgan fingerprint density at radius 3 is 2.56 bits per heavy atom. The first-order chi connectivity index (χ1) is 11.8. The van der Waals surface area contributed by atoms with Crippen molar-refractivity contribution in [1.29, 1.82) is 0 Å². The Hall–Kier alpha value is -2.38. The van der Waals surface area contributed by atoms with Gasteiger partial charge in [-0.2, -0.15) is 0 Å². The van der Waals surface area contributed by atoms with E-state index in [1.807, 2.05) is 13.0 Å². The van der Waals surface area contributed by atoms with Gasteiger partial charge in [0, 0.05) is 17.8 Å². The van der Waals surface area contributed by atoms with E-state index in [-0.39, 0.29) is 10.8 Å². The van der Waals surface area contributed by atoms with Gasteiger partial charge in [-0.05, 0) is 62.2 Å². The van der Waals surface area contributed by atoms with E-state index in [2.05, 4.69) is 10.0 Å². The number of benzene rings is 2. The van der Waals surface area contributed by atoms with Crippen molar-refractivity contribution in [2.24, 2.45) is 5.73 Å². The third kappa shape index (κ3) is 5.04. The minimum absolute atomic E-state index is 0.0838. The molecule has 0 saturated carbocycles. The average molecular weight is 361 g/mol. The summed E-state index contributed by atoms with van der Waals surface area (Å²) in [5.41, 5.74) is 7.70. The van der Waals surface area contributed by atoms with Crippen LogP contribution in [-0.4, -0.2) is 27.4 Å². The molecule has 0 unspecified atom stereocenters. The minimum Gasteiger partial charge on any atom is -0.352 e. The normalized spacial score (nSPS) is 11.2. The summed E-state index contributed by atoms with van der Waals surface area (Å²) in [7, 11) is -3.79. The molecule has 0 bridgehead atoms. The highest BCUT2D eigenvalue weighted by Gasteiger charge is 2.19. The highest BCUT2D eigenvalue weighted by Crippen LogP contribution is 2.21. The van der Waals surface area contributed by atoms with Gasteiger partial charge in [0.1, 0.15) is 0 Å². The Balaban J connectivity index is 2.27. The monoisotopic (exact) mass is 361 g/mol. The Labute approximate surface area is 148 Å². The predicted octanol–water partition coefficient (Wildman–Crippen LogP) is 2.18. The second-order valence-corrected chi connectivity index (χ2v) is 7.50. The number of anilines is 1. The second-order valence-electron chi connectivity index (χ2n) is 5.85. The zero-order chi connectivity index (χ0) is 18.4. The third-order valence-electron chi connectivity index (χ3n) is 3.68. The lowest BCUT2D eigenvalue weighted by molar-refractivity contribution is 0.0953. The van der Waals surface area contributed by atoms with Crippen LogP contribution in [0.15, 0.2) is 47.4 Å². The largest absolute Gasteiger partial charge is 0.352 e. The van der Waals surface area contributed by atoms with Crippen molar-refractivity contribution in [3.63, 3.8) is 0 Å². The molecule has 0 aliphatic rings. The minimum atomic E-state index is -3.79. The van der Waals surface area contributed by atoms with Crippen molar-refractivity contribution in [3.8, 4) is 0 Å². The molecule has 0 aliphatic heterocycles. The van der Waals surface area contributed by atoms with Crippen LogP contribution in [0.4, 0.5) is 5.69 Å². The van der Waals surface area contributed by atoms with Gasteiger partial charge in [-0.15, -0.1) is 0 Å². The van der Waals surface area contributed by atoms with E-state index in [4.69, 9.17) is 5.73 Å². The summed E-state index contributed by atoms with van der Waals surface area (Å²) < 4.78 is 28.0. The van der Waals surface area contributed by atoms with Crippen molar-refractivity contribution in [2.75, 3.05) is 17.8 Å². The van der Waals surface area contributed by atoms with Gasteiger partial charge < -0.3 is 11.1 Å². The van der Waals surface area contributed by atoms with Crippen LogP contribution in [0, 0.1) is 13.8 Å².